The molecule has 0 bridgehead atoms. The molecule has 0 aromatic carbocycles. The van der Waals surface area contributed by atoms with Gasteiger partial charge in [-0.1, -0.05) is 0 Å². The van der Waals surface area contributed by atoms with Crippen molar-refractivity contribution >= 4 is 23.6 Å². The second kappa shape index (κ2) is 8.26. The first kappa shape index (κ1) is 18.0. The van der Waals surface area contributed by atoms with Gasteiger partial charge in [-0.3, -0.25) is 9.59 Å². The number of amides is 1. The monoisotopic (exact) mass is 302 g/mol. The molecule has 0 spiro atoms. The lowest BCUT2D eigenvalue weighted by molar-refractivity contribution is -0.182. The molecule has 19 heavy (non-hydrogen) atoms. The number of aliphatic carboxylic acids is 1. The van der Waals surface area contributed by atoms with Gasteiger partial charge in [0.05, 0.1) is 0 Å². The molecule has 0 aromatic rings. The first-order chi connectivity index (χ1) is 8.70. The van der Waals surface area contributed by atoms with Crippen LogP contribution in [0.5, 0.6) is 0 Å². The highest BCUT2D eigenvalue weighted by Gasteiger charge is 2.43. The van der Waals surface area contributed by atoms with Crippen LogP contribution < -0.4 is 11.1 Å². The van der Waals surface area contributed by atoms with Crippen molar-refractivity contribution in [2.75, 3.05) is 18.6 Å². The number of carbonyl (C=O) groups excluding carboxylic acids is 1. The van der Waals surface area contributed by atoms with Crippen LogP contribution in [0.4, 0.5) is 13.2 Å². The summed E-state index contributed by atoms with van der Waals surface area (Å²) < 4.78 is 37.6. The van der Waals surface area contributed by atoms with Gasteiger partial charge in [0.1, 0.15) is 12.0 Å². The fourth-order valence-corrected chi connectivity index (χ4v) is 2.28. The van der Waals surface area contributed by atoms with Gasteiger partial charge < -0.3 is 16.2 Å². The highest BCUT2D eigenvalue weighted by atomic mass is 32.2. The van der Waals surface area contributed by atoms with Crippen LogP contribution >= 0.6 is 11.8 Å². The Kier molecular flexibility index (Phi) is 7.84. The van der Waals surface area contributed by atoms with E-state index in [9.17, 15) is 22.8 Å². The Morgan fingerprint density at radius 3 is 2.26 bits per heavy atom. The molecule has 0 rings (SSSR count). The summed E-state index contributed by atoms with van der Waals surface area (Å²) in [6.07, 6.45) is -4.73. The quantitative estimate of drug-likeness (QED) is 0.578. The Balaban J connectivity index is 4.02. The van der Waals surface area contributed by atoms with Gasteiger partial charge in [0.2, 0.25) is 5.91 Å². The summed E-state index contributed by atoms with van der Waals surface area (Å²) in [5.41, 5.74) is 5.24. The van der Waals surface area contributed by atoms with E-state index < -0.39 is 30.0 Å². The molecule has 9 heteroatoms. The minimum absolute atomic E-state index is 0.115. The number of carboxylic acids is 1. The van der Waals surface area contributed by atoms with Crippen LogP contribution in [-0.4, -0.2) is 47.8 Å². The molecule has 1 amide bonds. The molecule has 2 unspecified atom stereocenters. The molecule has 4 N–H and O–H groups in total. The van der Waals surface area contributed by atoms with Crippen molar-refractivity contribution in [1.29, 1.82) is 0 Å². The molecule has 0 aromatic heterocycles. The van der Waals surface area contributed by atoms with Crippen LogP contribution in [0.25, 0.3) is 0 Å². The van der Waals surface area contributed by atoms with E-state index in [0.717, 1.165) is 18.8 Å². The molecule has 0 aliphatic carbocycles. The fraction of sp³-hybridized carbons (Fsp3) is 0.800. The van der Waals surface area contributed by atoms with Gasteiger partial charge in [-0.2, -0.15) is 24.9 Å². The van der Waals surface area contributed by atoms with Gasteiger partial charge in [0, 0.05) is 7.05 Å². The topological polar surface area (TPSA) is 92.4 Å². The predicted octanol–water partition coefficient (Wildman–Crippen LogP) is 0.836. The lowest BCUT2D eigenvalue weighted by Crippen LogP contribution is -2.38. The Morgan fingerprint density at radius 2 is 1.84 bits per heavy atom. The standard InChI is InChI=1S/C10H17F3N2O3S/c1-15-8(16)6(10(11,12)13)2-4-19-5-3-7(14)9(17)18/h6-7H,2-5,14H2,1H3,(H,15,16)(H,17,18). The van der Waals surface area contributed by atoms with E-state index in [4.69, 9.17) is 10.8 Å². The number of halogens is 3. The summed E-state index contributed by atoms with van der Waals surface area (Å²) in [4.78, 5) is 21.5. The summed E-state index contributed by atoms with van der Waals surface area (Å²) in [6, 6.07) is -1.01. The zero-order valence-electron chi connectivity index (χ0n) is 10.4. The Hall–Kier alpha value is -0.960. The average Bonchev–Trinajstić information content (AvgIpc) is 2.30. The van der Waals surface area contributed by atoms with Gasteiger partial charge in [0.15, 0.2) is 0 Å². The third-order valence-electron chi connectivity index (χ3n) is 2.40. The van der Waals surface area contributed by atoms with E-state index in [-0.39, 0.29) is 18.6 Å². The van der Waals surface area contributed by atoms with E-state index >= 15 is 0 Å². The van der Waals surface area contributed by atoms with Crippen molar-refractivity contribution in [1.82, 2.24) is 5.32 Å². The number of carboxylic acid groups (broad SMARTS) is 1. The molecule has 0 saturated carbocycles. The van der Waals surface area contributed by atoms with E-state index in [0.29, 0.717) is 5.75 Å². The number of nitrogens with two attached hydrogens (primary N) is 1. The summed E-state index contributed by atoms with van der Waals surface area (Å²) in [7, 11) is 1.15. The zero-order valence-corrected chi connectivity index (χ0v) is 11.2. The molecule has 0 radical (unpaired) electrons. The fourth-order valence-electron chi connectivity index (χ4n) is 1.25. The number of alkyl halides is 3. The number of thioether (sulfide) groups is 1. The van der Waals surface area contributed by atoms with Crippen molar-refractivity contribution in [2.24, 2.45) is 11.7 Å². The maximum Gasteiger partial charge on any atom is 0.400 e. The van der Waals surface area contributed by atoms with Crippen LogP contribution in [0.1, 0.15) is 12.8 Å². The molecule has 0 aliphatic rings. The average molecular weight is 302 g/mol. The van der Waals surface area contributed by atoms with Crippen molar-refractivity contribution < 1.29 is 27.9 Å². The molecule has 2 atom stereocenters. The highest BCUT2D eigenvalue weighted by Crippen LogP contribution is 2.30. The van der Waals surface area contributed by atoms with Gasteiger partial charge >= 0.3 is 12.1 Å². The van der Waals surface area contributed by atoms with E-state index in [1.165, 1.54) is 0 Å². The predicted molar refractivity (Wildman–Crippen MR) is 65.8 cm³/mol. The Labute approximate surface area is 113 Å². The van der Waals surface area contributed by atoms with E-state index in [1.54, 1.807) is 0 Å². The number of hydrogen-bond acceptors (Lipinski definition) is 4. The Morgan fingerprint density at radius 1 is 1.32 bits per heavy atom. The maximum absolute atomic E-state index is 12.5. The minimum atomic E-state index is -4.57. The molecule has 0 heterocycles. The molecular weight excluding hydrogens is 285 g/mol. The number of hydrogen-bond donors (Lipinski definition) is 3. The number of nitrogens with one attached hydrogen (secondary N) is 1. The summed E-state index contributed by atoms with van der Waals surface area (Å²) in [5, 5.41) is 10.5. The number of rotatable bonds is 8. The summed E-state index contributed by atoms with van der Waals surface area (Å²) >= 11 is 1.15. The minimum Gasteiger partial charge on any atom is -0.480 e. The second-order valence-electron chi connectivity index (χ2n) is 3.84. The molecular formula is C10H17F3N2O3S. The SMILES string of the molecule is CNC(=O)C(CCSCCC(N)C(=O)O)C(F)(F)F. The summed E-state index contributed by atoms with van der Waals surface area (Å²) in [6.45, 7) is 0. The normalized spacial score (nSPS) is 14.8. The van der Waals surface area contributed by atoms with E-state index in [2.05, 4.69) is 0 Å². The van der Waals surface area contributed by atoms with Crippen molar-refractivity contribution in [3.8, 4) is 0 Å². The Bertz CT molecular complexity index is 313. The van der Waals surface area contributed by atoms with Crippen LogP contribution in [0, 0.1) is 5.92 Å². The molecule has 112 valence electrons. The largest absolute Gasteiger partial charge is 0.480 e. The van der Waals surface area contributed by atoms with Gasteiger partial charge in [-0.05, 0) is 24.3 Å². The van der Waals surface area contributed by atoms with Crippen molar-refractivity contribution in [2.45, 2.75) is 25.1 Å². The van der Waals surface area contributed by atoms with Crippen LogP contribution in [0.2, 0.25) is 0 Å². The van der Waals surface area contributed by atoms with Crippen LogP contribution in [0.15, 0.2) is 0 Å². The van der Waals surface area contributed by atoms with Crippen molar-refractivity contribution in [3.63, 3.8) is 0 Å². The lowest BCUT2D eigenvalue weighted by atomic mass is 10.1. The molecule has 0 saturated heterocycles. The van der Waals surface area contributed by atoms with Gasteiger partial charge in [0.25, 0.3) is 0 Å². The second-order valence-corrected chi connectivity index (χ2v) is 5.07. The first-order valence-electron chi connectivity index (χ1n) is 5.54. The van der Waals surface area contributed by atoms with Gasteiger partial charge in [-0.15, -0.1) is 0 Å². The lowest BCUT2D eigenvalue weighted by Gasteiger charge is -2.18. The molecule has 0 aliphatic heterocycles. The van der Waals surface area contributed by atoms with Crippen LogP contribution in [0.3, 0.4) is 0 Å². The van der Waals surface area contributed by atoms with Crippen molar-refractivity contribution in [3.05, 3.63) is 0 Å². The molecule has 5 nitrogen and oxygen atoms in total. The van der Waals surface area contributed by atoms with Crippen LogP contribution in [-0.2, 0) is 9.59 Å². The van der Waals surface area contributed by atoms with Gasteiger partial charge in [-0.25, -0.2) is 0 Å². The maximum atomic E-state index is 12.5. The first-order valence-corrected chi connectivity index (χ1v) is 6.70. The summed E-state index contributed by atoms with van der Waals surface area (Å²) in [5.74, 6) is -3.77. The third kappa shape index (κ3) is 7.26. The zero-order chi connectivity index (χ0) is 15.1. The van der Waals surface area contributed by atoms with E-state index in [1.807, 2.05) is 5.32 Å². The highest BCUT2D eigenvalue weighted by molar-refractivity contribution is 7.99. The smallest absolute Gasteiger partial charge is 0.400 e. The molecule has 0 fully saturated rings. The third-order valence-corrected chi connectivity index (χ3v) is 3.45. The number of carbonyl (C=O) groups is 2.